The van der Waals surface area contributed by atoms with Crippen molar-refractivity contribution < 1.29 is 19.0 Å². The number of ether oxygens (including phenoxy) is 3. The number of aryl methyl sites for hydroxylation is 1. The maximum Gasteiger partial charge on any atom is 0.340 e. The molecule has 108 valence electrons. The fourth-order valence-corrected chi connectivity index (χ4v) is 2.08. The second-order valence-electron chi connectivity index (χ2n) is 4.33. The third-order valence-corrected chi connectivity index (χ3v) is 3.12. The number of pyridine rings is 1. The Hall–Kier alpha value is -2.08. The average molecular weight is 278 g/mol. The third kappa shape index (κ3) is 2.46. The summed E-state index contributed by atoms with van der Waals surface area (Å²) in [5, 5.41) is 0.719. The van der Waals surface area contributed by atoms with Gasteiger partial charge in [0.1, 0.15) is 11.4 Å². The van der Waals surface area contributed by atoms with Crippen LogP contribution in [0.3, 0.4) is 0 Å². The lowest BCUT2D eigenvalue weighted by Crippen LogP contribution is -2.06. The van der Waals surface area contributed by atoms with Crippen molar-refractivity contribution in [2.45, 2.75) is 13.8 Å². The van der Waals surface area contributed by atoms with Crippen molar-refractivity contribution in [3.8, 4) is 5.75 Å². The highest BCUT2D eigenvalue weighted by Crippen LogP contribution is 2.27. The highest BCUT2D eigenvalue weighted by Gasteiger charge is 2.20. The molecule has 6 heteroatoms. The molecule has 0 atom stereocenters. The van der Waals surface area contributed by atoms with Gasteiger partial charge in [-0.05, 0) is 19.9 Å². The van der Waals surface area contributed by atoms with Crippen molar-refractivity contribution in [1.82, 2.24) is 9.55 Å². The first-order chi connectivity index (χ1) is 9.60. The van der Waals surface area contributed by atoms with Gasteiger partial charge < -0.3 is 18.8 Å². The molecule has 0 aliphatic carbocycles. The van der Waals surface area contributed by atoms with Crippen LogP contribution in [0.4, 0.5) is 0 Å². The molecule has 6 nitrogen and oxygen atoms in total. The Morgan fingerprint density at radius 3 is 2.85 bits per heavy atom. The van der Waals surface area contributed by atoms with Gasteiger partial charge in [-0.1, -0.05) is 0 Å². The van der Waals surface area contributed by atoms with E-state index in [0.29, 0.717) is 17.9 Å². The van der Waals surface area contributed by atoms with Gasteiger partial charge in [-0.2, -0.15) is 0 Å². The SMILES string of the molecule is CCOC(=O)c1c(C)n(C)c2ncc(OCOC)cc12. The van der Waals surface area contributed by atoms with Gasteiger partial charge in [0.15, 0.2) is 6.79 Å². The maximum atomic E-state index is 12.1. The molecule has 0 fully saturated rings. The Bertz CT molecular complexity index is 634. The van der Waals surface area contributed by atoms with E-state index in [1.54, 1.807) is 26.3 Å². The standard InChI is InChI=1S/C14H18N2O4/c1-5-19-14(17)12-9(2)16(3)13-11(12)6-10(7-15-13)20-8-18-4/h6-7H,5,8H2,1-4H3. The molecule has 0 spiro atoms. The molecule has 2 aromatic heterocycles. The molecule has 0 aliphatic rings. The molecule has 0 radical (unpaired) electrons. The minimum Gasteiger partial charge on any atom is -0.466 e. The van der Waals surface area contributed by atoms with Crippen LogP contribution in [0.5, 0.6) is 5.75 Å². The van der Waals surface area contributed by atoms with Crippen molar-refractivity contribution in [3.63, 3.8) is 0 Å². The third-order valence-electron chi connectivity index (χ3n) is 3.12. The Labute approximate surface area is 117 Å². The molecule has 0 aliphatic heterocycles. The molecular weight excluding hydrogens is 260 g/mol. The molecule has 0 aromatic carbocycles. The molecule has 2 heterocycles. The van der Waals surface area contributed by atoms with Crippen molar-refractivity contribution in [2.75, 3.05) is 20.5 Å². The van der Waals surface area contributed by atoms with E-state index >= 15 is 0 Å². The predicted octanol–water partition coefficient (Wildman–Crippen LogP) is 2.04. The zero-order valence-corrected chi connectivity index (χ0v) is 12.1. The van der Waals surface area contributed by atoms with Crippen molar-refractivity contribution in [1.29, 1.82) is 0 Å². The molecule has 2 rings (SSSR count). The van der Waals surface area contributed by atoms with Crippen molar-refractivity contribution >= 4 is 17.0 Å². The summed E-state index contributed by atoms with van der Waals surface area (Å²) >= 11 is 0. The van der Waals surface area contributed by atoms with E-state index in [1.807, 2.05) is 18.5 Å². The summed E-state index contributed by atoms with van der Waals surface area (Å²) in [5.74, 6) is 0.205. The summed E-state index contributed by atoms with van der Waals surface area (Å²) in [5.41, 5.74) is 2.06. The Kier molecular flexibility index (Phi) is 4.24. The number of methoxy groups -OCH3 is 1. The molecule has 0 saturated heterocycles. The van der Waals surface area contributed by atoms with Crippen LogP contribution in [0.25, 0.3) is 11.0 Å². The lowest BCUT2D eigenvalue weighted by Gasteiger charge is -2.05. The fourth-order valence-electron chi connectivity index (χ4n) is 2.08. The summed E-state index contributed by atoms with van der Waals surface area (Å²) in [6.45, 7) is 4.11. The van der Waals surface area contributed by atoms with Gasteiger partial charge in [0.2, 0.25) is 0 Å². The van der Waals surface area contributed by atoms with E-state index < -0.39 is 0 Å². The van der Waals surface area contributed by atoms with Gasteiger partial charge in [0.05, 0.1) is 18.4 Å². The molecule has 0 N–H and O–H groups in total. The quantitative estimate of drug-likeness (QED) is 0.618. The number of aromatic nitrogens is 2. The number of fused-ring (bicyclic) bond motifs is 1. The van der Waals surface area contributed by atoms with Gasteiger partial charge in [-0.15, -0.1) is 0 Å². The Balaban J connectivity index is 2.54. The van der Waals surface area contributed by atoms with Crippen LogP contribution in [0.15, 0.2) is 12.3 Å². The number of carbonyl (C=O) groups excluding carboxylic acids is 1. The highest BCUT2D eigenvalue weighted by molar-refractivity contribution is 6.05. The summed E-state index contributed by atoms with van der Waals surface area (Å²) in [7, 11) is 3.41. The van der Waals surface area contributed by atoms with Crippen LogP contribution < -0.4 is 4.74 Å². The first kappa shape index (κ1) is 14.3. The van der Waals surface area contributed by atoms with E-state index in [4.69, 9.17) is 14.2 Å². The molecule has 0 amide bonds. The van der Waals surface area contributed by atoms with Crippen LogP contribution in [-0.2, 0) is 16.5 Å². The second-order valence-corrected chi connectivity index (χ2v) is 4.33. The van der Waals surface area contributed by atoms with E-state index in [1.165, 1.54) is 0 Å². The zero-order chi connectivity index (χ0) is 14.7. The van der Waals surface area contributed by atoms with Gasteiger partial charge in [0, 0.05) is 25.2 Å². The summed E-state index contributed by atoms with van der Waals surface area (Å²) in [6.07, 6.45) is 1.61. The smallest absolute Gasteiger partial charge is 0.340 e. The van der Waals surface area contributed by atoms with Gasteiger partial charge in [-0.25, -0.2) is 9.78 Å². The van der Waals surface area contributed by atoms with Crippen molar-refractivity contribution in [2.24, 2.45) is 7.05 Å². The largest absolute Gasteiger partial charge is 0.466 e. The van der Waals surface area contributed by atoms with Gasteiger partial charge in [-0.3, -0.25) is 0 Å². The lowest BCUT2D eigenvalue weighted by atomic mass is 10.2. The second kappa shape index (κ2) is 5.92. The van der Waals surface area contributed by atoms with Crippen molar-refractivity contribution in [3.05, 3.63) is 23.5 Å². The molecular formula is C14H18N2O4. The van der Waals surface area contributed by atoms with E-state index in [9.17, 15) is 4.79 Å². The van der Waals surface area contributed by atoms with Gasteiger partial charge >= 0.3 is 5.97 Å². The van der Waals surface area contributed by atoms with Crippen LogP contribution in [0, 0.1) is 6.92 Å². The lowest BCUT2D eigenvalue weighted by molar-refractivity contribution is 0.0510. The van der Waals surface area contributed by atoms with Crippen LogP contribution in [-0.4, -0.2) is 36.0 Å². The minimum atomic E-state index is -0.346. The number of hydrogen-bond acceptors (Lipinski definition) is 5. The number of nitrogens with zero attached hydrogens (tertiary/aromatic N) is 2. The average Bonchev–Trinajstić information content (AvgIpc) is 2.68. The molecule has 20 heavy (non-hydrogen) atoms. The van der Waals surface area contributed by atoms with Gasteiger partial charge in [0.25, 0.3) is 0 Å². The summed E-state index contributed by atoms with van der Waals surface area (Å²) in [6, 6.07) is 1.78. The first-order valence-corrected chi connectivity index (χ1v) is 6.34. The Morgan fingerprint density at radius 2 is 2.20 bits per heavy atom. The maximum absolute atomic E-state index is 12.1. The molecule has 0 saturated carbocycles. The summed E-state index contributed by atoms with van der Waals surface area (Å²) in [4.78, 5) is 16.4. The topological polar surface area (TPSA) is 62.6 Å². The zero-order valence-electron chi connectivity index (χ0n) is 12.1. The normalized spacial score (nSPS) is 10.8. The summed E-state index contributed by atoms with van der Waals surface area (Å²) < 4.78 is 17.2. The fraction of sp³-hybridized carbons (Fsp3) is 0.429. The number of rotatable bonds is 5. The monoisotopic (exact) mass is 278 g/mol. The first-order valence-electron chi connectivity index (χ1n) is 6.34. The predicted molar refractivity (Wildman–Crippen MR) is 73.9 cm³/mol. The molecule has 0 bridgehead atoms. The van der Waals surface area contributed by atoms with E-state index in [2.05, 4.69) is 4.98 Å². The van der Waals surface area contributed by atoms with E-state index in [-0.39, 0.29) is 12.8 Å². The van der Waals surface area contributed by atoms with Crippen LogP contribution >= 0.6 is 0 Å². The Morgan fingerprint density at radius 1 is 1.45 bits per heavy atom. The van der Waals surface area contributed by atoms with E-state index in [0.717, 1.165) is 16.7 Å². The molecule has 2 aromatic rings. The number of carbonyl (C=O) groups is 1. The van der Waals surface area contributed by atoms with Crippen LogP contribution in [0.2, 0.25) is 0 Å². The highest BCUT2D eigenvalue weighted by atomic mass is 16.7. The number of esters is 1. The molecule has 0 unspecified atom stereocenters. The number of hydrogen-bond donors (Lipinski definition) is 0. The minimum absolute atomic E-state index is 0.133. The van der Waals surface area contributed by atoms with Crippen LogP contribution in [0.1, 0.15) is 23.0 Å².